The van der Waals surface area contributed by atoms with E-state index in [4.69, 9.17) is 20.7 Å². The summed E-state index contributed by atoms with van der Waals surface area (Å²) in [5, 5.41) is 19.6. The van der Waals surface area contributed by atoms with E-state index in [0.717, 1.165) is 10.8 Å². The van der Waals surface area contributed by atoms with Gasteiger partial charge in [0.2, 0.25) is 0 Å². The summed E-state index contributed by atoms with van der Waals surface area (Å²) in [5.41, 5.74) is 5.38. The molecule has 110 valence electrons. The van der Waals surface area contributed by atoms with Crippen molar-refractivity contribution in [2.24, 2.45) is 5.73 Å². The summed E-state index contributed by atoms with van der Waals surface area (Å²) in [5.74, 6) is -2.12. The van der Waals surface area contributed by atoms with Crippen LogP contribution in [0.1, 0.15) is 6.42 Å². The molecule has 0 fully saturated rings. The van der Waals surface area contributed by atoms with E-state index in [0.29, 0.717) is 5.75 Å². The van der Waals surface area contributed by atoms with Crippen molar-refractivity contribution in [3.8, 4) is 5.75 Å². The highest BCUT2D eigenvalue weighted by Gasteiger charge is 2.26. The van der Waals surface area contributed by atoms with Gasteiger partial charge in [-0.3, -0.25) is 4.79 Å². The minimum atomic E-state index is -1.32. The quantitative estimate of drug-likeness (QED) is 0.743. The van der Waals surface area contributed by atoms with Gasteiger partial charge in [-0.05, 0) is 11.5 Å². The van der Waals surface area contributed by atoms with Gasteiger partial charge in [0, 0.05) is 11.8 Å². The largest absolute Gasteiger partial charge is 0.480 e. The molecule has 0 saturated carbocycles. The van der Waals surface area contributed by atoms with E-state index < -0.39 is 24.1 Å². The molecule has 2 aromatic carbocycles. The molecular weight excluding hydrogens is 274 g/mol. The van der Waals surface area contributed by atoms with Gasteiger partial charge in [0.05, 0.1) is 0 Å². The summed E-state index contributed by atoms with van der Waals surface area (Å²) in [6, 6.07) is 11.3. The molecule has 6 nitrogen and oxygen atoms in total. The average molecular weight is 289 g/mol. The number of hydrogen-bond donors (Lipinski definition) is 3. The van der Waals surface area contributed by atoms with E-state index >= 15 is 0 Å². The number of benzene rings is 2. The van der Waals surface area contributed by atoms with Crippen LogP contribution in [0.5, 0.6) is 5.75 Å². The normalized spacial score (nSPS) is 13.6. The molecule has 0 aliphatic carbocycles. The van der Waals surface area contributed by atoms with Crippen molar-refractivity contribution in [3.05, 3.63) is 42.5 Å². The number of carboxylic acids is 2. The van der Waals surface area contributed by atoms with Crippen molar-refractivity contribution in [3.63, 3.8) is 0 Å². The number of carbonyl (C=O) groups is 2. The van der Waals surface area contributed by atoms with Gasteiger partial charge in [0.1, 0.15) is 11.8 Å². The molecule has 6 heteroatoms. The monoisotopic (exact) mass is 289 g/mol. The van der Waals surface area contributed by atoms with Crippen LogP contribution in [0.25, 0.3) is 10.8 Å². The van der Waals surface area contributed by atoms with Crippen LogP contribution in [-0.4, -0.2) is 34.3 Å². The van der Waals surface area contributed by atoms with Gasteiger partial charge in [-0.15, -0.1) is 0 Å². The van der Waals surface area contributed by atoms with Gasteiger partial charge in [0.15, 0.2) is 6.10 Å². The summed E-state index contributed by atoms with van der Waals surface area (Å²) in [7, 11) is 0. The molecule has 0 bridgehead atoms. The van der Waals surface area contributed by atoms with Crippen molar-refractivity contribution < 1.29 is 24.5 Å². The van der Waals surface area contributed by atoms with E-state index in [2.05, 4.69) is 0 Å². The summed E-state index contributed by atoms with van der Waals surface area (Å²) >= 11 is 0. The van der Waals surface area contributed by atoms with Crippen LogP contribution in [0.2, 0.25) is 0 Å². The number of aliphatic carboxylic acids is 2. The number of ether oxygens (including phenoxy) is 1. The maximum Gasteiger partial charge on any atom is 0.344 e. The Hall–Kier alpha value is -2.60. The summed E-state index contributed by atoms with van der Waals surface area (Å²) in [6.07, 6.45) is -1.63. The summed E-state index contributed by atoms with van der Waals surface area (Å²) in [4.78, 5) is 22.0. The Morgan fingerprint density at radius 3 is 2.38 bits per heavy atom. The SMILES string of the molecule is NC(CC(Oc1cccc2ccccc12)C(=O)O)C(=O)O. The molecule has 4 N–H and O–H groups in total. The molecule has 2 rings (SSSR count). The third-order valence-corrected chi connectivity index (χ3v) is 3.08. The molecule has 0 aliphatic rings. The number of hydrogen-bond acceptors (Lipinski definition) is 4. The van der Waals surface area contributed by atoms with Gasteiger partial charge in [0.25, 0.3) is 0 Å². The first kappa shape index (κ1) is 14.8. The lowest BCUT2D eigenvalue weighted by atomic mass is 10.1. The lowest BCUT2D eigenvalue weighted by molar-refractivity contribution is -0.146. The van der Waals surface area contributed by atoms with Gasteiger partial charge in [-0.25, -0.2) is 4.79 Å². The second-order valence-corrected chi connectivity index (χ2v) is 4.60. The van der Waals surface area contributed by atoms with E-state index in [1.807, 2.05) is 24.3 Å². The molecule has 2 atom stereocenters. The first-order valence-corrected chi connectivity index (χ1v) is 6.34. The summed E-state index contributed by atoms with van der Waals surface area (Å²) in [6.45, 7) is 0. The fourth-order valence-corrected chi connectivity index (χ4v) is 1.98. The van der Waals surface area contributed by atoms with E-state index in [9.17, 15) is 9.59 Å². The lowest BCUT2D eigenvalue weighted by Crippen LogP contribution is -2.39. The number of carboxylic acid groups (broad SMARTS) is 2. The molecule has 2 aromatic rings. The van der Waals surface area contributed by atoms with Crippen molar-refractivity contribution in [1.82, 2.24) is 0 Å². The van der Waals surface area contributed by atoms with E-state index in [-0.39, 0.29) is 6.42 Å². The predicted octanol–water partition coefficient (Wildman–Crippen LogP) is 1.47. The second kappa shape index (κ2) is 6.23. The molecule has 21 heavy (non-hydrogen) atoms. The molecule has 0 radical (unpaired) electrons. The van der Waals surface area contributed by atoms with Gasteiger partial charge in [-0.2, -0.15) is 0 Å². The van der Waals surface area contributed by atoms with E-state index in [1.165, 1.54) is 0 Å². The van der Waals surface area contributed by atoms with Crippen LogP contribution >= 0.6 is 0 Å². The fraction of sp³-hybridized carbons (Fsp3) is 0.200. The third kappa shape index (κ3) is 3.49. The average Bonchev–Trinajstić information content (AvgIpc) is 2.46. The molecule has 0 heterocycles. The van der Waals surface area contributed by atoms with Crippen molar-refractivity contribution >= 4 is 22.7 Å². The van der Waals surface area contributed by atoms with E-state index in [1.54, 1.807) is 18.2 Å². The van der Waals surface area contributed by atoms with Crippen LogP contribution in [-0.2, 0) is 9.59 Å². The van der Waals surface area contributed by atoms with Crippen molar-refractivity contribution in [2.45, 2.75) is 18.6 Å². The molecule has 2 unspecified atom stereocenters. The Morgan fingerprint density at radius 1 is 1.05 bits per heavy atom. The maximum absolute atomic E-state index is 11.2. The standard InChI is InChI=1S/C15H15NO5/c16-11(14(17)18)8-13(15(19)20)21-12-7-3-5-9-4-1-2-6-10(9)12/h1-7,11,13H,8,16H2,(H,17,18)(H,19,20). The zero-order valence-corrected chi connectivity index (χ0v) is 11.1. The Morgan fingerprint density at radius 2 is 1.71 bits per heavy atom. The van der Waals surface area contributed by atoms with Crippen LogP contribution in [0, 0.1) is 0 Å². The lowest BCUT2D eigenvalue weighted by Gasteiger charge is -2.18. The molecule has 0 amide bonds. The van der Waals surface area contributed by atoms with Crippen LogP contribution in [0.15, 0.2) is 42.5 Å². The zero-order valence-electron chi connectivity index (χ0n) is 11.1. The Bertz CT molecular complexity index is 665. The highest BCUT2D eigenvalue weighted by atomic mass is 16.5. The van der Waals surface area contributed by atoms with Crippen LogP contribution in [0.3, 0.4) is 0 Å². The Labute approximate surface area is 120 Å². The number of nitrogens with two attached hydrogens (primary N) is 1. The molecule has 0 aromatic heterocycles. The van der Waals surface area contributed by atoms with Gasteiger partial charge < -0.3 is 20.7 Å². The van der Waals surface area contributed by atoms with Gasteiger partial charge >= 0.3 is 11.9 Å². The molecular formula is C15H15NO5. The highest BCUT2D eigenvalue weighted by Crippen LogP contribution is 2.26. The minimum Gasteiger partial charge on any atom is -0.480 e. The molecule has 0 aliphatic heterocycles. The topological polar surface area (TPSA) is 110 Å². The zero-order chi connectivity index (χ0) is 15.4. The summed E-state index contributed by atoms with van der Waals surface area (Å²) < 4.78 is 5.47. The highest BCUT2D eigenvalue weighted by molar-refractivity contribution is 5.88. The first-order valence-electron chi connectivity index (χ1n) is 6.34. The molecule has 0 spiro atoms. The Balaban J connectivity index is 2.27. The maximum atomic E-state index is 11.2. The van der Waals surface area contributed by atoms with Gasteiger partial charge in [-0.1, -0.05) is 36.4 Å². The smallest absolute Gasteiger partial charge is 0.344 e. The fourth-order valence-electron chi connectivity index (χ4n) is 1.98. The minimum absolute atomic E-state index is 0.312. The third-order valence-electron chi connectivity index (χ3n) is 3.08. The van der Waals surface area contributed by atoms with Crippen LogP contribution in [0.4, 0.5) is 0 Å². The predicted molar refractivity (Wildman–Crippen MR) is 76.2 cm³/mol. The van der Waals surface area contributed by atoms with Crippen LogP contribution < -0.4 is 10.5 Å². The molecule has 0 saturated heterocycles. The number of rotatable bonds is 6. The first-order chi connectivity index (χ1) is 9.99. The second-order valence-electron chi connectivity index (χ2n) is 4.60. The number of fused-ring (bicyclic) bond motifs is 1. The van der Waals surface area contributed by atoms with Crippen molar-refractivity contribution in [1.29, 1.82) is 0 Å². The Kier molecular flexibility index (Phi) is 4.39. The van der Waals surface area contributed by atoms with Crippen molar-refractivity contribution in [2.75, 3.05) is 0 Å².